The number of sulfonamides is 1. The quantitative estimate of drug-likeness (QED) is 0.591. The summed E-state index contributed by atoms with van der Waals surface area (Å²) in [6, 6.07) is 14.3. The Labute approximate surface area is 181 Å². The predicted octanol–water partition coefficient (Wildman–Crippen LogP) is 4.65. The molecule has 154 valence electrons. The highest BCUT2D eigenvalue weighted by Gasteiger charge is 2.20. The SMILES string of the molecule is CS(=O)(=O)N(Cc1ccc(C(=O)NCC2=CCCCC2)cc1)c1ccccc1Br. The number of rotatable bonds is 7. The number of hydrogen-bond acceptors (Lipinski definition) is 3. The summed E-state index contributed by atoms with van der Waals surface area (Å²) in [5, 5.41) is 2.97. The molecule has 5 nitrogen and oxygen atoms in total. The molecule has 1 aliphatic carbocycles. The molecule has 0 bridgehead atoms. The number of carbonyl (C=O) groups is 1. The van der Waals surface area contributed by atoms with Crippen LogP contribution in [0.3, 0.4) is 0 Å². The summed E-state index contributed by atoms with van der Waals surface area (Å²) in [6.45, 7) is 0.778. The van der Waals surface area contributed by atoms with E-state index in [-0.39, 0.29) is 12.5 Å². The Morgan fingerprint density at radius 1 is 1.10 bits per heavy atom. The number of nitrogens with one attached hydrogen (secondary N) is 1. The van der Waals surface area contributed by atoms with Gasteiger partial charge in [-0.2, -0.15) is 0 Å². The van der Waals surface area contributed by atoms with Gasteiger partial charge in [-0.15, -0.1) is 0 Å². The van der Waals surface area contributed by atoms with Crippen LogP contribution in [0.25, 0.3) is 0 Å². The van der Waals surface area contributed by atoms with Crippen LogP contribution in [0.5, 0.6) is 0 Å². The average molecular weight is 477 g/mol. The Kier molecular flexibility index (Phi) is 7.14. The number of anilines is 1. The van der Waals surface area contributed by atoms with Crippen LogP contribution in [0.1, 0.15) is 41.6 Å². The van der Waals surface area contributed by atoms with Crippen LogP contribution < -0.4 is 9.62 Å². The molecule has 1 N–H and O–H groups in total. The summed E-state index contributed by atoms with van der Waals surface area (Å²) in [7, 11) is -3.47. The molecule has 0 aromatic heterocycles. The van der Waals surface area contributed by atoms with Crippen molar-refractivity contribution < 1.29 is 13.2 Å². The average Bonchev–Trinajstić information content (AvgIpc) is 2.71. The number of hydrogen-bond donors (Lipinski definition) is 1. The Hall–Kier alpha value is -2.12. The standard InChI is InChI=1S/C22H25BrN2O3S/c1-29(27,28)25(21-10-6-5-9-20(21)23)16-18-11-13-19(14-12-18)22(26)24-15-17-7-3-2-4-8-17/h5-7,9-14H,2-4,8,15-16H2,1H3,(H,24,26). The van der Waals surface area contributed by atoms with Crippen LogP contribution in [0.4, 0.5) is 5.69 Å². The monoisotopic (exact) mass is 476 g/mol. The van der Waals surface area contributed by atoms with Gasteiger partial charge in [0.2, 0.25) is 10.0 Å². The van der Waals surface area contributed by atoms with E-state index in [4.69, 9.17) is 0 Å². The summed E-state index contributed by atoms with van der Waals surface area (Å²) < 4.78 is 26.7. The fourth-order valence-corrected chi connectivity index (χ4v) is 4.84. The summed E-state index contributed by atoms with van der Waals surface area (Å²) in [6.07, 6.45) is 7.96. The zero-order valence-corrected chi connectivity index (χ0v) is 18.8. The molecule has 2 aromatic carbocycles. The van der Waals surface area contributed by atoms with Gasteiger partial charge in [-0.3, -0.25) is 9.10 Å². The van der Waals surface area contributed by atoms with Crippen molar-refractivity contribution in [2.24, 2.45) is 0 Å². The number of amides is 1. The Morgan fingerprint density at radius 3 is 2.45 bits per heavy atom. The molecule has 29 heavy (non-hydrogen) atoms. The molecule has 0 atom stereocenters. The summed E-state index contributed by atoms with van der Waals surface area (Å²) in [5.41, 5.74) is 3.24. The largest absolute Gasteiger partial charge is 0.348 e. The van der Waals surface area contributed by atoms with Gasteiger partial charge in [0.1, 0.15) is 0 Å². The maximum Gasteiger partial charge on any atom is 0.251 e. The smallest absolute Gasteiger partial charge is 0.251 e. The zero-order chi connectivity index (χ0) is 20.9. The van der Waals surface area contributed by atoms with Gasteiger partial charge in [0, 0.05) is 16.6 Å². The van der Waals surface area contributed by atoms with Gasteiger partial charge in [-0.05, 0) is 71.4 Å². The first-order valence-electron chi connectivity index (χ1n) is 9.62. The topological polar surface area (TPSA) is 66.5 Å². The van der Waals surface area contributed by atoms with E-state index < -0.39 is 10.0 Å². The lowest BCUT2D eigenvalue weighted by molar-refractivity contribution is 0.0956. The van der Waals surface area contributed by atoms with Gasteiger partial charge in [0.15, 0.2) is 0 Å². The fourth-order valence-electron chi connectivity index (χ4n) is 3.32. The van der Waals surface area contributed by atoms with Gasteiger partial charge in [0.05, 0.1) is 18.5 Å². The maximum absolute atomic E-state index is 12.4. The number of para-hydroxylation sites is 1. The molecule has 0 radical (unpaired) electrons. The van der Waals surface area contributed by atoms with E-state index >= 15 is 0 Å². The highest BCUT2D eigenvalue weighted by Crippen LogP contribution is 2.29. The molecule has 1 amide bonds. The predicted molar refractivity (Wildman–Crippen MR) is 120 cm³/mol. The van der Waals surface area contributed by atoms with Crippen molar-refractivity contribution in [3.63, 3.8) is 0 Å². The van der Waals surface area contributed by atoms with Crippen molar-refractivity contribution in [1.82, 2.24) is 5.32 Å². The highest BCUT2D eigenvalue weighted by molar-refractivity contribution is 9.10. The molecule has 0 unspecified atom stereocenters. The van der Waals surface area contributed by atoms with Crippen molar-refractivity contribution in [1.29, 1.82) is 0 Å². The van der Waals surface area contributed by atoms with E-state index in [2.05, 4.69) is 27.3 Å². The second kappa shape index (κ2) is 9.59. The molecular weight excluding hydrogens is 452 g/mol. The van der Waals surface area contributed by atoms with Crippen molar-refractivity contribution in [3.8, 4) is 0 Å². The van der Waals surface area contributed by atoms with Gasteiger partial charge >= 0.3 is 0 Å². The molecule has 0 saturated carbocycles. The first kappa shape index (κ1) is 21.6. The third-order valence-electron chi connectivity index (χ3n) is 4.92. The van der Waals surface area contributed by atoms with Crippen molar-refractivity contribution in [3.05, 3.63) is 75.8 Å². The number of nitrogens with zero attached hydrogens (tertiary/aromatic N) is 1. The van der Waals surface area contributed by atoms with Crippen LogP contribution >= 0.6 is 15.9 Å². The summed E-state index contributed by atoms with van der Waals surface area (Å²) in [4.78, 5) is 12.4. The van der Waals surface area contributed by atoms with Crippen LogP contribution in [0, 0.1) is 0 Å². The minimum Gasteiger partial charge on any atom is -0.348 e. The first-order chi connectivity index (χ1) is 13.8. The molecule has 0 aliphatic heterocycles. The van der Waals surface area contributed by atoms with E-state index in [0.29, 0.717) is 22.3 Å². The third kappa shape index (κ3) is 5.93. The molecule has 0 saturated heterocycles. The number of benzene rings is 2. The first-order valence-corrected chi connectivity index (χ1v) is 12.3. The number of carbonyl (C=O) groups excluding carboxylic acids is 1. The van der Waals surface area contributed by atoms with Crippen molar-refractivity contribution >= 4 is 37.5 Å². The third-order valence-corrected chi connectivity index (χ3v) is 6.72. The van der Waals surface area contributed by atoms with E-state index in [1.54, 1.807) is 36.4 Å². The Bertz CT molecular complexity index is 1000. The van der Waals surface area contributed by atoms with Gasteiger partial charge < -0.3 is 5.32 Å². The lowest BCUT2D eigenvalue weighted by Crippen LogP contribution is -2.29. The molecular formula is C22H25BrN2O3S. The van der Waals surface area contributed by atoms with E-state index in [1.165, 1.54) is 29.0 Å². The van der Waals surface area contributed by atoms with Crippen molar-refractivity contribution in [2.45, 2.75) is 32.2 Å². The van der Waals surface area contributed by atoms with Gasteiger partial charge in [-0.1, -0.05) is 35.9 Å². The fraction of sp³-hybridized carbons (Fsp3) is 0.318. The van der Waals surface area contributed by atoms with Crippen molar-refractivity contribution in [2.75, 3.05) is 17.1 Å². The zero-order valence-electron chi connectivity index (χ0n) is 16.4. The summed E-state index contributed by atoms with van der Waals surface area (Å²) >= 11 is 3.42. The van der Waals surface area contributed by atoms with Crippen LogP contribution in [-0.2, 0) is 16.6 Å². The molecule has 0 heterocycles. The van der Waals surface area contributed by atoms with Crippen LogP contribution in [-0.4, -0.2) is 27.1 Å². The Morgan fingerprint density at radius 2 is 1.83 bits per heavy atom. The Balaban J connectivity index is 1.69. The maximum atomic E-state index is 12.4. The second-order valence-electron chi connectivity index (χ2n) is 7.21. The minimum atomic E-state index is -3.47. The normalized spacial score (nSPS) is 14.2. The second-order valence-corrected chi connectivity index (χ2v) is 9.97. The lowest BCUT2D eigenvalue weighted by atomic mass is 9.99. The molecule has 1 aliphatic rings. The lowest BCUT2D eigenvalue weighted by Gasteiger charge is -2.23. The minimum absolute atomic E-state index is 0.117. The highest BCUT2D eigenvalue weighted by atomic mass is 79.9. The number of allylic oxidation sites excluding steroid dienone is 1. The van der Waals surface area contributed by atoms with Crippen LogP contribution in [0.15, 0.2) is 64.7 Å². The molecule has 0 fully saturated rings. The van der Waals surface area contributed by atoms with Crippen LogP contribution in [0.2, 0.25) is 0 Å². The molecule has 2 aromatic rings. The molecule has 3 rings (SSSR count). The van der Waals surface area contributed by atoms with E-state index in [9.17, 15) is 13.2 Å². The van der Waals surface area contributed by atoms with E-state index in [0.717, 1.165) is 18.4 Å². The van der Waals surface area contributed by atoms with Gasteiger partial charge in [-0.25, -0.2) is 8.42 Å². The molecule has 7 heteroatoms. The van der Waals surface area contributed by atoms with Gasteiger partial charge in [0.25, 0.3) is 5.91 Å². The van der Waals surface area contributed by atoms with E-state index in [1.807, 2.05) is 12.1 Å². The summed E-state index contributed by atoms with van der Waals surface area (Å²) in [5.74, 6) is -0.117. The number of halogens is 1. The molecule has 0 spiro atoms.